The number of carbonyl (C=O) groups excluding carboxylic acids is 2. The van der Waals surface area contributed by atoms with E-state index in [4.69, 9.17) is 4.74 Å². The number of aromatic nitrogens is 1. The van der Waals surface area contributed by atoms with E-state index in [0.29, 0.717) is 23.5 Å². The van der Waals surface area contributed by atoms with Crippen LogP contribution in [-0.4, -0.2) is 33.3 Å². The van der Waals surface area contributed by atoms with Crippen LogP contribution in [0.25, 0.3) is 5.76 Å². The zero-order valence-electron chi connectivity index (χ0n) is 17.1. The molecule has 1 aliphatic rings. The number of rotatable bonds is 7. The van der Waals surface area contributed by atoms with E-state index in [2.05, 4.69) is 11.6 Å². The molecule has 1 unspecified atom stereocenters. The van der Waals surface area contributed by atoms with E-state index >= 15 is 0 Å². The second-order valence-corrected chi connectivity index (χ2v) is 7.83. The summed E-state index contributed by atoms with van der Waals surface area (Å²) in [7, 11) is 0. The number of Topliss-reactive ketones (excluding diaryl/α,β-unsaturated/α-hetero) is 1. The lowest BCUT2D eigenvalue weighted by atomic mass is 9.95. The highest BCUT2D eigenvalue weighted by Crippen LogP contribution is 2.43. The first-order valence-corrected chi connectivity index (χ1v) is 10.6. The highest BCUT2D eigenvalue weighted by molar-refractivity contribution is 7.14. The molecule has 1 aliphatic heterocycles. The fourth-order valence-corrected chi connectivity index (χ4v) is 4.15. The van der Waals surface area contributed by atoms with Gasteiger partial charge in [0.1, 0.15) is 18.1 Å². The number of nitro benzene ring substituents is 1. The van der Waals surface area contributed by atoms with Gasteiger partial charge in [-0.15, -0.1) is 11.3 Å². The lowest BCUT2D eigenvalue weighted by molar-refractivity contribution is -0.384. The second kappa shape index (κ2) is 9.05. The molecular formula is C23H17N3O6S. The first kappa shape index (κ1) is 21.9. The normalized spacial score (nSPS) is 17.2. The van der Waals surface area contributed by atoms with Gasteiger partial charge in [0, 0.05) is 29.3 Å². The number of anilines is 1. The number of ether oxygens (including phenoxy) is 1. The van der Waals surface area contributed by atoms with Gasteiger partial charge < -0.3 is 9.84 Å². The summed E-state index contributed by atoms with van der Waals surface area (Å²) < 4.78 is 5.43. The molecule has 2 aromatic carbocycles. The standard InChI is InChI=1S/C23H17N3O6S/c1-2-12-32-17-9-5-15(6-10-17)20(27)18-19(14-3-7-16(8-4-14)26(30)31)25(22(29)21(18)28)23-24-11-13-33-23/h2-11,13,19,27H,1,12H2. The third-order valence-corrected chi connectivity index (χ3v) is 5.76. The van der Waals surface area contributed by atoms with Gasteiger partial charge >= 0.3 is 5.91 Å². The highest BCUT2D eigenvalue weighted by atomic mass is 32.1. The molecule has 0 radical (unpaired) electrons. The summed E-state index contributed by atoms with van der Waals surface area (Å²) in [6, 6.07) is 10.8. The van der Waals surface area contributed by atoms with Crippen LogP contribution < -0.4 is 9.64 Å². The van der Waals surface area contributed by atoms with Crippen molar-refractivity contribution in [2.45, 2.75) is 6.04 Å². The molecule has 166 valence electrons. The maximum absolute atomic E-state index is 13.0. The summed E-state index contributed by atoms with van der Waals surface area (Å²) >= 11 is 1.16. The van der Waals surface area contributed by atoms with E-state index in [-0.39, 0.29) is 22.2 Å². The van der Waals surface area contributed by atoms with Gasteiger partial charge in [0.25, 0.3) is 11.5 Å². The van der Waals surface area contributed by atoms with Crippen LogP contribution in [0.5, 0.6) is 5.75 Å². The Labute approximate surface area is 192 Å². The van der Waals surface area contributed by atoms with Crippen LogP contribution in [0.3, 0.4) is 0 Å². The van der Waals surface area contributed by atoms with Crippen molar-refractivity contribution in [1.82, 2.24) is 4.98 Å². The van der Waals surface area contributed by atoms with Crippen molar-refractivity contribution >= 4 is 39.6 Å². The summed E-state index contributed by atoms with van der Waals surface area (Å²) in [6.07, 6.45) is 3.09. The molecule has 0 spiro atoms. The van der Waals surface area contributed by atoms with Gasteiger partial charge in [0.05, 0.1) is 16.5 Å². The predicted molar refractivity (Wildman–Crippen MR) is 122 cm³/mol. The quantitative estimate of drug-likeness (QED) is 0.139. The molecule has 0 saturated carbocycles. The van der Waals surface area contributed by atoms with Crippen LogP contribution in [0.1, 0.15) is 17.2 Å². The monoisotopic (exact) mass is 463 g/mol. The molecule has 1 saturated heterocycles. The molecule has 0 aliphatic carbocycles. The molecule has 0 bridgehead atoms. The molecule has 1 atom stereocenters. The largest absolute Gasteiger partial charge is 0.507 e. The van der Waals surface area contributed by atoms with Crippen LogP contribution in [0.2, 0.25) is 0 Å². The zero-order valence-corrected chi connectivity index (χ0v) is 17.9. The Morgan fingerprint density at radius 1 is 1.21 bits per heavy atom. The van der Waals surface area contributed by atoms with E-state index in [1.807, 2.05) is 0 Å². The summed E-state index contributed by atoms with van der Waals surface area (Å²) in [5.74, 6) is -1.55. The number of amides is 1. The number of aliphatic hydroxyl groups excluding tert-OH is 1. The lowest BCUT2D eigenvalue weighted by Crippen LogP contribution is -2.29. The Morgan fingerprint density at radius 3 is 2.48 bits per heavy atom. The number of hydrogen-bond acceptors (Lipinski definition) is 8. The van der Waals surface area contributed by atoms with Gasteiger partial charge in [0.15, 0.2) is 5.13 Å². The average molecular weight is 463 g/mol. The van der Waals surface area contributed by atoms with Crippen molar-refractivity contribution in [3.63, 3.8) is 0 Å². The minimum Gasteiger partial charge on any atom is -0.507 e. The maximum Gasteiger partial charge on any atom is 0.301 e. The number of benzene rings is 2. The zero-order chi connectivity index (χ0) is 23.5. The maximum atomic E-state index is 13.0. The first-order chi connectivity index (χ1) is 15.9. The summed E-state index contributed by atoms with van der Waals surface area (Å²) in [4.78, 5) is 41.8. The van der Waals surface area contributed by atoms with Gasteiger partial charge in [0.2, 0.25) is 0 Å². The van der Waals surface area contributed by atoms with Crippen LogP contribution in [-0.2, 0) is 9.59 Å². The summed E-state index contributed by atoms with van der Waals surface area (Å²) in [5, 5.41) is 24.0. The molecule has 2 heterocycles. The minimum atomic E-state index is -1.01. The van der Waals surface area contributed by atoms with Crippen molar-refractivity contribution in [3.8, 4) is 5.75 Å². The molecule has 9 nitrogen and oxygen atoms in total. The Morgan fingerprint density at radius 2 is 1.91 bits per heavy atom. The van der Waals surface area contributed by atoms with Gasteiger partial charge in [-0.2, -0.15) is 0 Å². The van der Waals surface area contributed by atoms with E-state index < -0.39 is 22.7 Å². The van der Waals surface area contributed by atoms with E-state index in [1.54, 1.807) is 35.7 Å². The van der Waals surface area contributed by atoms with Gasteiger partial charge in [-0.3, -0.25) is 24.6 Å². The van der Waals surface area contributed by atoms with Crippen molar-refractivity contribution in [2.24, 2.45) is 0 Å². The number of nitro groups is 1. The number of carbonyl (C=O) groups is 2. The summed E-state index contributed by atoms with van der Waals surface area (Å²) in [6.45, 7) is 3.89. The predicted octanol–water partition coefficient (Wildman–Crippen LogP) is 4.24. The third-order valence-electron chi connectivity index (χ3n) is 4.99. The number of ketones is 1. The Balaban J connectivity index is 1.83. The van der Waals surface area contributed by atoms with E-state index in [0.717, 1.165) is 11.3 Å². The Kier molecular flexibility index (Phi) is 6.01. The molecule has 1 aromatic heterocycles. The number of non-ortho nitro benzene ring substituents is 1. The van der Waals surface area contributed by atoms with Crippen molar-refractivity contribution in [1.29, 1.82) is 0 Å². The Hall–Kier alpha value is -4.31. The van der Waals surface area contributed by atoms with Crippen LogP contribution in [0.15, 0.2) is 78.3 Å². The molecule has 3 aromatic rings. The molecular weight excluding hydrogens is 446 g/mol. The first-order valence-electron chi connectivity index (χ1n) is 9.71. The van der Waals surface area contributed by atoms with Gasteiger partial charge in [-0.25, -0.2) is 4.98 Å². The van der Waals surface area contributed by atoms with E-state index in [1.165, 1.54) is 35.4 Å². The highest BCUT2D eigenvalue weighted by Gasteiger charge is 2.48. The number of thiazole rings is 1. The molecule has 33 heavy (non-hydrogen) atoms. The van der Waals surface area contributed by atoms with Crippen LogP contribution in [0.4, 0.5) is 10.8 Å². The molecule has 4 rings (SSSR count). The minimum absolute atomic E-state index is 0.135. The fraction of sp³-hybridized carbons (Fsp3) is 0.0870. The SMILES string of the molecule is C=CCOc1ccc(C(O)=C2C(=O)C(=O)N(c3nccs3)C2c2ccc([N+](=O)[O-])cc2)cc1. The second-order valence-electron chi connectivity index (χ2n) is 6.96. The van der Waals surface area contributed by atoms with E-state index in [9.17, 15) is 24.8 Å². The number of hydrogen-bond donors (Lipinski definition) is 1. The molecule has 1 fully saturated rings. The number of nitrogens with zero attached hydrogens (tertiary/aromatic N) is 3. The van der Waals surface area contributed by atoms with Gasteiger partial charge in [-0.1, -0.05) is 12.7 Å². The fourth-order valence-electron chi connectivity index (χ4n) is 3.48. The van der Waals surface area contributed by atoms with Crippen LogP contribution in [0, 0.1) is 10.1 Å². The lowest BCUT2D eigenvalue weighted by Gasteiger charge is -2.22. The number of aliphatic hydroxyl groups is 1. The smallest absolute Gasteiger partial charge is 0.301 e. The molecule has 1 amide bonds. The average Bonchev–Trinajstić information content (AvgIpc) is 3.44. The molecule has 10 heteroatoms. The van der Waals surface area contributed by atoms with Gasteiger partial charge in [-0.05, 0) is 42.0 Å². The van der Waals surface area contributed by atoms with Crippen molar-refractivity contribution < 1.29 is 24.4 Å². The van der Waals surface area contributed by atoms with Crippen molar-refractivity contribution in [2.75, 3.05) is 11.5 Å². The Bertz CT molecular complexity index is 1250. The third kappa shape index (κ3) is 4.11. The summed E-state index contributed by atoms with van der Waals surface area (Å²) in [5.41, 5.74) is 0.455. The van der Waals surface area contributed by atoms with Crippen molar-refractivity contribution in [3.05, 3.63) is 99.6 Å². The van der Waals surface area contributed by atoms with Crippen LogP contribution >= 0.6 is 11.3 Å². The molecule has 1 N–H and O–H groups in total. The topological polar surface area (TPSA) is 123 Å².